The maximum absolute atomic E-state index is 13.1. The van der Waals surface area contributed by atoms with E-state index in [1.807, 2.05) is 6.92 Å². The highest BCUT2D eigenvalue weighted by molar-refractivity contribution is 6.70. The number of ether oxygens (including phenoxy) is 1. The van der Waals surface area contributed by atoms with Crippen LogP contribution in [0.5, 0.6) is 0 Å². The SMILES string of the molecule is CC(C)[Si]1(C(C)C)OC[C@@]23C(=O)O[C@@H](C[C@@H](C)C=O)[C@@]2(O1)[C@@H](C)C(=O)N3C. The number of carbonyl (C=O) groups excluding carboxylic acids is 3. The number of cyclic esters (lactones) is 1. The summed E-state index contributed by atoms with van der Waals surface area (Å²) < 4.78 is 19.1. The summed E-state index contributed by atoms with van der Waals surface area (Å²) in [6.45, 7) is 12.0. The fraction of sp³-hybridized carbons (Fsp3) is 0.842. The minimum absolute atomic E-state index is 0.0902. The molecule has 0 aromatic rings. The van der Waals surface area contributed by atoms with Gasteiger partial charge >= 0.3 is 14.5 Å². The van der Waals surface area contributed by atoms with Crippen LogP contribution in [0.4, 0.5) is 0 Å². The zero-order valence-corrected chi connectivity index (χ0v) is 18.3. The number of aldehydes is 1. The molecule has 0 N–H and O–H groups in total. The molecule has 7 nitrogen and oxygen atoms in total. The summed E-state index contributed by atoms with van der Waals surface area (Å²) >= 11 is 0. The molecular weight excluding hydrogens is 366 g/mol. The summed E-state index contributed by atoms with van der Waals surface area (Å²) in [5.74, 6) is -1.48. The molecule has 0 radical (unpaired) electrons. The molecule has 0 saturated carbocycles. The average Bonchev–Trinajstić information content (AvgIpc) is 2.96. The van der Waals surface area contributed by atoms with Crippen LogP contribution in [0.2, 0.25) is 11.1 Å². The van der Waals surface area contributed by atoms with Crippen LogP contribution in [0, 0.1) is 11.8 Å². The Morgan fingerprint density at radius 3 is 2.33 bits per heavy atom. The molecule has 1 amide bonds. The second-order valence-corrected chi connectivity index (χ2v) is 13.2. The molecule has 0 bridgehead atoms. The van der Waals surface area contributed by atoms with Gasteiger partial charge in [0, 0.05) is 13.0 Å². The molecule has 0 aliphatic carbocycles. The van der Waals surface area contributed by atoms with Gasteiger partial charge in [0.05, 0.1) is 12.5 Å². The summed E-state index contributed by atoms with van der Waals surface area (Å²) in [6.07, 6.45) is 0.538. The lowest BCUT2D eigenvalue weighted by Gasteiger charge is -2.55. The topological polar surface area (TPSA) is 82.1 Å². The van der Waals surface area contributed by atoms with Crippen LogP contribution < -0.4 is 0 Å². The number of carbonyl (C=O) groups is 3. The van der Waals surface area contributed by atoms with E-state index in [4.69, 9.17) is 13.6 Å². The number of amides is 1. The standard InChI is InChI=1S/C19H31NO6Si/c1-11(2)27(12(3)4)24-10-18-17(23)25-15(8-13(5)9-21)19(18,26-27)14(6)16(22)20(18)7/h9,11-15H,8,10H2,1-7H3/t13-,14+,15+,18-,19+/m1/s1. The van der Waals surface area contributed by atoms with Crippen LogP contribution in [0.1, 0.15) is 48.0 Å². The molecule has 3 heterocycles. The van der Waals surface area contributed by atoms with E-state index in [0.717, 1.165) is 6.29 Å². The van der Waals surface area contributed by atoms with Crippen molar-refractivity contribution in [3.63, 3.8) is 0 Å². The largest absolute Gasteiger partial charge is 0.457 e. The van der Waals surface area contributed by atoms with Gasteiger partial charge in [-0.05, 0) is 17.5 Å². The number of hydrogen-bond donors (Lipinski definition) is 0. The predicted octanol–water partition coefficient (Wildman–Crippen LogP) is 2.03. The third kappa shape index (κ3) is 2.29. The lowest BCUT2D eigenvalue weighted by molar-refractivity contribution is -0.158. The second-order valence-electron chi connectivity index (χ2n) is 8.94. The van der Waals surface area contributed by atoms with Crippen molar-refractivity contribution in [2.45, 2.75) is 76.3 Å². The maximum Gasteiger partial charge on any atom is 0.344 e. The molecule has 3 saturated heterocycles. The van der Waals surface area contributed by atoms with Gasteiger partial charge in [0.25, 0.3) is 0 Å². The van der Waals surface area contributed by atoms with Gasteiger partial charge < -0.3 is 23.3 Å². The summed E-state index contributed by atoms with van der Waals surface area (Å²) in [5.41, 5.74) is -2.13. The summed E-state index contributed by atoms with van der Waals surface area (Å²) in [6, 6.07) is 0. The van der Waals surface area contributed by atoms with Crippen LogP contribution in [0.25, 0.3) is 0 Å². The molecule has 8 heteroatoms. The van der Waals surface area contributed by atoms with Gasteiger partial charge in [-0.2, -0.15) is 0 Å². The molecule has 0 aromatic carbocycles. The second kappa shape index (κ2) is 6.39. The number of rotatable bonds is 5. The molecule has 0 aromatic heterocycles. The Bertz CT molecular complexity index is 659. The Kier molecular flexibility index (Phi) is 4.84. The number of likely N-dealkylation sites (N-methyl/N-ethyl adjacent to an activating group) is 1. The minimum atomic E-state index is -2.76. The van der Waals surface area contributed by atoms with Crippen LogP contribution >= 0.6 is 0 Å². The normalized spacial score (nSPS) is 38.8. The van der Waals surface area contributed by atoms with E-state index in [-0.39, 0.29) is 29.5 Å². The van der Waals surface area contributed by atoms with Gasteiger partial charge in [-0.3, -0.25) is 4.79 Å². The number of esters is 1. The number of likely N-dealkylation sites (tertiary alicyclic amines) is 1. The number of nitrogens with zero attached hydrogens (tertiary/aromatic N) is 1. The third-order valence-corrected chi connectivity index (χ3v) is 11.4. The smallest absolute Gasteiger partial charge is 0.344 e. The summed E-state index contributed by atoms with van der Waals surface area (Å²) in [7, 11) is -1.13. The highest BCUT2D eigenvalue weighted by Crippen LogP contribution is 2.60. The monoisotopic (exact) mass is 397 g/mol. The fourth-order valence-corrected chi connectivity index (χ4v) is 9.28. The lowest BCUT2D eigenvalue weighted by Crippen LogP contribution is -2.75. The van der Waals surface area contributed by atoms with Crippen LogP contribution in [0.15, 0.2) is 0 Å². The zero-order valence-electron chi connectivity index (χ0n) is 17.3. The molecule has 3 rings (SSSR count). The van der Waals surface area contributed by atoms with Crippen LogP contribution in [0.3, 0.4) is 0 Å². The van der Waals surface area contributed by atoms with E-state index in [1.54, 1.807) is 14.0 Å². The van der Waals surface area contributed by atoms with Crippen molar-refractivity contribution < 1.29 is 28.0 Å². The van der Waals surface area contributed by atoms with E-state index in [1.165, 1.54) is 4.90 Å². The highest BCUT2D eigenvalue weighted by Gasteiger charge is 2.83. The predicted molar refractivity (Wildman–Crippen MR) is 100 cm³/mol. The first kappa shape index (κ1) is 20.5. The van der Waals surface area contributed by atoms with Crippen molar-refractivity contribution in [2.24, 2.45) is 11.8 Å². The van der Waals surface area contributed by atoms with Crippen molar-refractivity contribution in [2.75, 3.05) is 13.7 Å². The Hall–Kier alpha value is -1.25. The zero-order chi connectivity index (χ0) is 20.4. The molecule has 3 aliphatic rings. The molecule has 3 fully saturated rings. The molecule has 0 unspecified atom stereocenters. The Morgan fingerprint density at radius 2 is 1.81 bits per heavy atom. The van der Waals surface area contributed by atoms with Crippen LogP contribution in [-0.4, -0.2) is 62.5 Å². The third-order valence-electron chi connectivity index (χ3n) is 6.89. The Morgan fingerprint density at radius 1 is 1.22 bits per heavy atom. The van der Waals surface area contributed by atoms with Gasteiger partial charge in [-0.15, -0.1) is 0 Å². The molecular formula is C19H31NO6Si. The van der Waals surface area contributed by atoms with Crippen molar-refractivity contribution in [3.8, 4) is 0 Å². The Balaban J connectivity index is 2.20. The summed E-state index contributed by atoms with van der Waals surface area (Å²) in [5, 5.41) is 0. The van der Waals surface area contributed by atoms with E-state index >= 15 is 0 Å². The molecule has 27 heavy (non-hydrogen) atoms. The van der Waals surface area contributed by atoms with Gasteiger partial charge in [0.15, 0.2) is 5.54 Å². The van der Waals surface area contributed by atoms with Crippen molar-refractivity contribution >= 4 is 26.7 Å². The number of hydrogen-bond acceptors (Lipinski definition) is 6. The first-order valence-corrected chi connectivity index (χ1v) is 11.8. The summed E-state index contributed by atoms with van der Waals surface area (Å²) in [4.78, 5) is 38.9. The average molecular weight is 398 g/mol. The van der Waals surface area contributed by atoms with Crippen LogP contribution in [-0.2, 0) is 28.0 Å². The molecule has 5 atom stereocenters. The first-order valence-electron chi connectivity index (χ1n) is 9.79. The van der Waals surface area contributed by atoms with E-state index in [9.17, 15) is 14.4 Å². The van der Waals surface area contributed by atoms with E-state index < -0.39 is 37.7 Å². The lowest BCUT2D eigenvalue weighted by atomic mass is 9.72. The van der Waals surface area contributed by atoms with Gasteiger partial charge in [0.1, 0.15) is 18.0 Å². The van der Waals surface area contributed by atoms with Crippen molar-refractivity contribution in [3.05, 3.63) is 0 Å². The Labute approximate surface area is 162 Å². The maximum atomic E-state index is 13.1. The van der Waals surface area contributed by atoms with Crippen molar-refractivity contribution in [1.29, 1.82) is 0 Å². The van der Waals surface area contributed by atoms with E-state index in [2.05, 4.69) is 27.7 Å². The molecule has 3 aliphatic heterocycles. The van der Waals surface area contributed by atoms with Gasteiger partial charge in [-0.1, -0.05) is 41.5 Å². The molecule has 0 spiro atoms. The first-order chi connectivity index (χ1) is 12.5. The van der Waals surface area contributed by atoms with Gasteiger partial charge in [-0.25, -0.2) is 4.79 Å². The highest BCUT2D eigenvalue weighted by atomic mass is 28.4. The fourth-order valence-electron chi connectivity index (χ4n) is 5.31. The van der Waals surface area contributed by atoms with E-state index in [0.29, 0.717) is 6.42 Å². The van der Waals surface area contributed by atoms with Crippen molar-refractivity contribution in [1.82, 2.24) is 4.90 Å². The van der Waals surface area contributed by atoms with Gasteiger partial charge in [0.2, 0.25) is 5.91 Å². The molecule has 152 valence electrons. The quantitative estimate of drug-likeness (QED) is 0.401. The minimum Gasteiger partial charge on any atom is -0.457 e.